The molecule has 3 aromatic carbocycles. The molecule has 174 valence electrons. The third-order valence-electron chi connectivity index (χ3n) is 6.80. The summed E-state index contributed by atoms with van der Waals surface area (Å²) in [6, 6.07) is 17.6. The van der Waals surface area contributed by atoms with Crippen molar-refractivity contribution in [1.82, 2.24) is 0 Å². The van der Waals surface area contributed by atoms with Crippen LogP contribution in [0.3, 0.4) is 0 Å². The lowest BCUT2D eigenvalue weighted by molar-refractivity contribution is 0.0694. The molecule has 0 bridgehead atoms. The molecule has 0 spiro atoms. The van der Waals surface area contributed by atoms with Gasteiger partial charge in [-0.05, 0) is 73.2 Å². The molecule has 0 aromatic heterocycles. The number of aromatic carboxylic acids is 1. The zero-order valence-electron chi connectivity index (χ0n) is 18.9. The molecule has 1 heterocycles. The van der Waals surface area contributed by atoms with Crippen molar-refractivity contribution in [1.29, 1.82) is 0 Å². The predicted octanol–water partition coefficient (Wildman–Crippen LogP) is 5.63. The van der Waals surface area contributed by atoms with Gasteiger partial charge < -0.3 is 10.4 Å². The molecular formula is C27H26N2O4S. The maximum Gasteiger partial charge on any atom is 0.336 e. The molecule has 34 heavy (non-hydrogen) atoms. The highest BCUT2D eigenvalue weighted by molar-refractivity contribution is 7.92. The topological polar surface area (TPSA) is 95.5 Å². The van der Waals surface area contributed by atoms with E-state index < -0.39 is 16.0 Å². The Labute approximate surface area is 199 Å². The molecule has 2 aliphatic rings. The van der Waals surface area contributed by atoms with Crippen LogP contribution in [0.1, 0.15) is 51.0 Å². The van der Waals surface area contributed by atoms with Gasteiger partial charge in [-0.2, -0.15) is 0 Å². The van der Waals surface area contributed by atoms with Crippen molar-refractivity contribution in [3.8, 4) is 0 Å². The maximum atomic E-state index is 13.2. The van der Waals surface area contributed by atoms with Gasteiger partial charge in [0, 0.05) is 11.6 Å². The van der Waals surface area contributed by atoms with E-state index in [-0.39, 0.29) is 28.3 Å². The van der Waals surface area contributed by atoms with Crippen LogP contribution >= 0.6 is 0 Å². The third kappa shape index (κ3) is 3.86. The third-order valence-corrected chi connectivity index (χ3v) is 8.16. The zero-order chi connectivity index (χ0) is 24.0. The molecule has 1 aliphatic carbocycles. The van der Waals surface area contributed by atoms with E-state index in [2.05, 4.69) is 22.2 Å². The van der Waals surface area contributed by atoms with Crippen LogP contribution in [0.15, 0.2) is 77.7 Å². The molecular weight excluding hydrogens is 448 g/mol. The van der Waals surface area contributed by atoms with Gasteiger partial charge in [0.05, 0.1) is 22.2 Å². The van der Waals surface area contributed by atoms with E-state index in [1.807, 2.05) is 38.1 Å². The van der Waals surface area contributed by atoms with Crippen LogP contribution in [0.2, 0.25) is 0 Å². The number of fused-ring (bicyclic) bond motifs is 3. The lowest BCUT2D eigenvalue weighted by Gasteiger charge is -2.38. The number of sulfonamides is 1. The number of allylic oxidation sites excluding steroid dienone is 2. The molecule has 5 rings (SSSR count). The van der Waals surface area contributed by atoms with E-state index in [1.54, 1.807) is 36.4 Å². The lowest BCUT2D eigenvalue weighted by atomic mass is 9.76. The minimum atomic E-state index is -3.77. The van der Waals surface area contributed by atoms with Crippen LogP contribution in [0.4, 0.5) is 11.4 Å². The van der Waals surface area contributed by atoms with Crippen molar-refractivity contribution in [2.75, 3.05) is 10.0 Å². The molecule has 0 radical (unpaired) electrons. The van der Waals surface area contributed by atoms with Crippen LogP contribution in [0.5, 0.6) is 0 Å². The first-order valence-corrected chi connectivity index (χ1v) is 12.7. The number of aryl methyl sites for hydroxylation is 2. The average molecular weight is 475 g/mol. The first kappa shape index (κ1) is 22.2. The van der Waals surface area contributed by atoms with E-state index in [1.165, 1.54) is 0 Å². The highest BCUT2D eigenvalue weighted by Crippen LogP contribution is 2.50. The van der Waals surface area contributed by atoms with Gasteiger partial charge in [-0.15, -0.1) is 0 Å². The fourth-order valence-electron chi connectivity index (χ4n) is 5.14. The maximum absolute atomic E-state index is 13.2. The predicted molar refractivity (Wildman–Crippen MR) is 133 cm³/mol. The Kier molecular flexibility index (Phi) is 5.44. The Bertz CT molecular complexity index is 1430. The van der Waals surface area contributed by atoms with Gasteiger partial charge in [-0.25, -0.2) is 13.2 Å². The van der Waals surface area contributed by atoms with Crippen LogP contribution < -0.4 is 10.0 Å². The van der Waals surface area contributed by atoms with Crippen molar-refractivity contribution in [2.45, 2.75) is 37.1 Å². The molecule has 3 atom stereocenters. The van der Waals surface area contributed by atoms with E-state index in [9.17, 15) is 18.3 Å². The first-order chi connectivity index (χ1) is 16.2. The Hall–Kier alpha value is -3.58. The van der Waals surface area contributed by atoms with Gasteiger partial charge in [0.25, 0.3) is 10.0 Å². The lowest BCUT2D eigenvalue weighted by Crippen LogP contribution is -2.30. The number of hydrogen-bond acceptors (Lipinski definition) is 4. The van der Waals surface area contributed by atoms with Crippen molar-refractivity contribution in [3.63, 3.8) is 0 Å². The normalized spacial score (nSPS) is 20.8. The quantitative estimate of drug-likeness (QED) is 0.417. The molecule has 1 aliphatic heterocycles. The van der Waals surface area contributed by atoms with Gasteiger partial charge >= 0.3 is 5.97 Å². The fourth-order valence-corrected chi connectivity index (χ4v) is 6.31. The highest BCUT2D eigenvalue weighted by Gasteiger charge is 2.39. The van der Waals surface area contributed by atoms with Crippen LogP contribution in [0.25, 0.3) is 0 Å². The monoisotopic (exact) mass is 474 g/mol. The molecule has 0 saturated carbocycles. The average Bonchev–Trinajstić information content (AvgIpc) is 3.30. The molecule has 0 fully saturated rings. The summed E-state index contributed by atoms with van der Waals surface area (Å²) in [5.41, 5.74) is 5.25. The number of rotatable bonds is 5. The van der Waals surface area contributed by atoms with Crippen molar-refractivity contribution in [3.05, 3.63) is 101 Å². The number of benzene rings is 3. The Morgan fingerprint density at radius 3 is 2.59 bits per heavy atom. The van der Waals surface area contributed by atoms with Crippen LogP contribution in [-0.4, -0.2) is 19.5 Å². The van der Waals surface area contributed by atoms with E-state index in [0.717, 1.165) is 34.4 Å². The number of carboxylic acid groups (broad SMARTS) is 1. The summed E-state index contributed by atoms with van der Waals surface area (Å²) in [5.74, 6) is -0.859. The Morgan fingerprint density at radius 2 is 1.82 bits per heavy atom. The van der Waals surface area contributed by atoms with Gasteiger partial charge in [0.1, 0.15) is 0 Å². The Balaban J connectivity index is 1.51. The largest absolute Gasteiger partial charge is 0.478 e. The second-order valence-electron chi connectivity index (χ2n) is 9.04. The van der Waals surface area contributed by atoms with Crippen molar-refractivity contribution in [2.24, 2.45) is 5.92 Å². The van der Waals surface area contributed by atoms with Crippen LogP contribution in [0, 0.1) is 19.8 Å². The summed E-state index contributed by atoms with van der Waals surface area (Å²) in [5, 5.41) is 13.2. The second-order valence-corrected chi connectivity index (χ2v) is 10.7. The smallest absolute Gasteiger partial charge is 0.336 e. The minimum Gasteiger partial charge on any atom is -0.478 e. The number of anilines is 2. The van der Waals surface area contributed by atoms with Gasteiger partial charge in [-0.1, -0.05) is 48.0 Å². The summed E-state index contributed by atoms with van der Waals surface area (Å²) < 4.78 is 29.1. The second kappa shape index (κ2) is 8.33. The number of carboxylic acids is 1. The molecule has 0 saturated heterocycles. The summed E-state index contributed by atoms with van der Waals surface area (Å²) in [6.07, 6.45) is 4.99. The van der Waals surface area contributed by atoms with Crippen LogP contribution in [-0.2, 0) is 10.0 Å². The summed E-state index contributed by atoms with van der Waals surface area (Å²) in [6.45, 7) is 3.85. The molecule has 0 unspecified atom stereocenters. The zero-order valence-corrected chi connectivity index (χ0v) is 19.8. The van der Waals surface area contributed by atoms with Gasteiger partial charge in [0.15, 0.2) is 0 Å². The van der Waals surface area contributed by atoms with E-state index in [4.69, 9.17) is 0 Å². The molecule has 3 aromatic rings. The summed E-state index contributed by atoms with van der Waals surface area (Å²) in [4.78, 5) is 12.0. The summed E-state index contributed by atoms with van der Waals surface area (Å²) >= 11 is 0. The van der Waals surface area contributed by atoms with Gasteiger partial charge in [-0.3, -0.25) is 4.72 Å². The van der Waals surface area contributed by atoms with Crippen molar-refractivity contribution >= 4 is 27.4 Å². The fraction of sp³-hybridized carbons (Fsp3) is 0.222. The molecule has 0 amide bonds. The number of hydrogen-bond donors (Lipinski definition) is 3. The molecule has 6 nitrogen and oxygen atoms in total. The molecule has 3 N–H and O–H groups in total. The van der Waals surface area contributed by atoms with E-state index >= 15 is 0 Å². The highest BCUT2D eigenvalue weighted by atomic mass is 32.2. The summed E-state index contributed by atoms with van der Waals surface area (Å²) in [7, 11) is -3.77. The standard InChI is InChI=1S/C27H26N2O4S/c1-16-10-12-24(17(2)14-16)29-34(32,33)18-11-13-25-23(15-18)19-8-5-9-20(19)26(28-25)21-6-3-4-7-22(21)27(30)31/h3-8,10-15,19-20,26,28-29H,9H2,1-2H3,(H,30,31)/t19-,20+,26-/m0/s1. The van der Waals surface area contributed by atoms with Gasteiger partial charge in [0.2, 0.25) is 0 Å². The SMILES string of the molecule is Cc1ccc(NS(=O)(=O)c2ccc3c(c2)[C@H]2C=CC[C@H]2[C@@H](c2ccccc2C(=O)O)N3)c(C)c1. The Morgan fingerprint density at radius 1 is 1.03 bits per heavy atom. The molecule has 7 heteroatoms. The number of nitrogens with one attached hydrogen (secondary N) is 2. The van der Waals surface area contributed by atoms with E-state index in [0.29, 0.717) is 5.69 Å². The van der Waals surface area contributed by atoms with Crippen molar-refractivity contribution < 1.29 is 18.3 Å². The first-order valence-electron chi connectivity index (χ1n) is 11.2. The number of carbonyl (C=O) groups is 1. The minimum absolute atomic E-state index is 0.000591.